The van der Waals surface area contributed by atoms with Gasteiger partial charge in [-0.25, -0.2) is 0 Å². The first-order valence-electron chi connectivity index (χ1n) is 6.54. The Bertz CT molecular complexity index is 575. The molecule has 0 aliphatic carbocycles. The van der Waals surface area contributed by atoms with E-state index in [2.05, 4.69) is 49.3 Å². The number of halogens is 2. The summed E-state index contributed by atoms with van der Waals surface area (Å²) < 4.78 is 13.1. The van der Waals surface area contributed by atoms with Gasteiger partial charge >= 0.3 is 0 Å². The van der Waals surface area contributed by atoms with Crippen molar-refractivity contribution in [3.63, 3.8) is 0 Å². The second-order valence-corrected chi connectivity index (χ2v) is 7.82. The number of methoxy groups -OCH3 is 1. The highest BCUT2D eigenvalue weighted by atomic mass is 79.9. The van der Waals surface area contributed by atoms with Crippen molar-refractivity contribution in [3.8, 4) is 5.75 Å². The summed E-state index contributed by atoms with van der Waals surface area (Å²) in [4.78, 5) is 1.20. The Hall–Kier alpha value is -0.400. The maximum absolute atomic E-state index is 5.84. The molecule has 1 aromatic carbocycles. The Morgan fingerprint density at radius 3 is 2.76 bits per heavy atom. The minimum atomic E-state index is 0.592. The largest absolute Gasteiger partial charge is 0.488 e. The van der Waals surface area contributed by atoms with Gasteiger partial charge in [0.1, 0.15) is 12.4 Å². The van der Waals surface area contributed by atoms with Crippen LogP contribution >= 0.6 is 43.2 Å². The van der Waals surface area contributed by atoms with Gasteiger partial charge in [-0.05, 0) is 51.8 Å². The van der Waals surface area contributed by atoms with Gasteiger partial charge < -0.3 is 14.8 Å². The van der Waals surface area contributed by atoms with Gasteiger partial charge in [-0.15, -0.1) is 11.3 Å². The van der Waals surface area contributed by atoms with E-state index in [-0.39, 0.29) is 0 Å². The van der Waals surface area contributed by atoms with E-state index in [0.717, 1.165) is 27.1 Å². The number of hydrogen-bond acceptors (Lipinski definition) is 4. The van der Waals surface area contributed by atoms with Crippen molar-refractivity contribution in [3.05, 3.63) is 49.0 Å². The molecule has 1 aromatic heterocycles. The fourth-order valence-electron chi connectivity index (χ4n) is 1.76. The van der Waals surface area contributed by atoms with Crippen LogP contribution in [0.3, 0.4) is 0 Å². The van der Waals surface area contributed by atoms with Crippen molar-refractivity contribution in [1.29, 1.82) is 0 Å². The molecule has 0 radical (unpaired) electrons. The van der Waals surface area contributed by atoms with Gasteiger partial charge in [0.2, 0.25) is 0 Å². The van der Waals surface area contributed by atoms with Gasteiger partial charge in [-0.2, -0.15) is 0 Å². The Kier molecular flexibility index (Phi) is 7.19. The van der Waals surface area contributed by atoms with Crippen LogP contribution in [0.2, 0.25) is 0 Å². The lowest BCUT2D eigenvalue weighted by molar-refractivity contribution is 0.199. The predicted molar refractivity (Wildman–Crippen MR) is 94.1 cm³/mol. The van der Waals surface area contributed by atoms with E-state index in [9.17, 15) is 0 Å². The molecule has 21 heavy (non-hydrogen) atoms. The highest BCUT2D eigenvalue weighted by molar-refractivity contribution is 9.11. The van der Waals surface area contributed by atoms with Gasteiger partial charge in [0.15, 0.2) is 0 Å². The Morgan fingerprint density at radius 1 is 1.19 bits per heavy atom. The standard InChI is InChI=1S/C15H17Br2NO2S/c1-19-7-6-18-9-11-8-12(2-4-14(11)16)20-10-13-3-5-15(17)21-13/h2-5,8,18H,6-7,9-10H2,1H3. The fourth-order valence-corrected chi connectivity index (χ4v) is 3.54. The van der Waals surface area contributed by atoms with Crippen LogP contribution in [0.15, 0.2) is 38.6 Å². The molecule has 2 rings (SSSR count). The van der Waals surface area contributed by atoms with Crippen LogP contribution in [-0.4, -0.2) is 20.3 Å². The van der Waals surface area contributed by atoms with Crippen LogP contribution in [0.1, 0.15) is 10.4 Å². The van der Waals surface area contributed by atoms with E-state index in [0.29, 0.717) is 13.2 Å². The summed E-state index contributed by atoms with van der Waals surface area (Å²) in [5.41, 5.74) is 1.18. The van der Waals surface area contributed by atoms with E-state index in [1.807, 2.05) is 18.2 Å². The summed E-state index contributed by atoms with van der Waals surface area (Å²) in [7, 11) is 1.70. The van der Waals surface area contributed by atoms with E-state index < -0.39 is 0 Å². The van der Waals surface area contributed by atoms with Crippen LogP contribution in [0, 0.1) is 0 Å². The molecule has 0 fully saturated rings. The summed E-state index contributed by atoms with van der Waals surface area (Å²) in [6, 6.07) is 10.2. The zero-order valence-electron chi connectivity index (χ0n) is 11.7. The van der Waals surface area contributed by atoms with Crippen molar-refractivity contribution in [2.24, 2.45) is 0 Å². The first-order valence-corrected chi connectivity index (χ1v) is 8.94. The molecule has 0 saturated heterocycles. The highest BCUT2D eigenvalue weighted by Crippen LogP contribution is 2.26. The molecule has 6 heteroatoms. The van der Waals surface area contributed by atoms with Crippen molar-refractivity contribution in [1.82, 2.24) is 5.32 Å². The third-order valence-electron chi connectivity index (χ3n) is 2.83. The number of thiophene rings is 1. The molecular formula is C15H17Br2NO2S. The van der Waals surface area contributed by atoms with E-state index in [1.54, 1.807) is 18.4 Å². The van der Waals surface area contributed by atoms with Gasteiger partial charge in [0.05, 0.1) is 10.4 Å². The molecule has 0 aliphatic rings. The molecule has 1 N–H and O–H groups in total. The Balaban J connectivity index is 1.91. The minimum Gasteiger partial charge on any atom is -0.488 e. The Morgan fingerprint density at radius 2 is 2.05 bits per heavy atom. The van der Waals surface area contributed by atoms with Crippen LogP contribution in [0.4, 0.5) is 0 Å². The molecule has 0 aliphatic heterocycles. The molecule has 0 spiro atoms. The first-order chi connectivity index (χ1) is 10.2. The molecular weight excluding hydrogens is 418 g/mol. The molecule has 0 saturated carbocycles. The van der Waals surface area contributed by atoms with Crippen LogP contribution in [0.5, 0.6) is 5.75 Å². The average molecular weight is 435 g/mol. The van der Waals surface area contributed by atoms with Gasteiger partial charge in [-0.3, -0.25) is 0 Å². The lowest BCUT2D eigenvalue weighted by Crippen LogP contribution is -2.18. The number of benzene rings is 1. The quantitative estimate of drug-likeness (QED) is 0.616. The number of nitrogens with one attached hydrogen (secondary N) is 1. The topological polar surface area (TPSA) is 30.5 Å². The monoisotopic (exact) mass is 433 g/mol. The van der Waals surface area contributed by atoms with Crippen molar-refractivity contribution >= 4 is 43.2 Å². The van der Waals surface area contributed by atoms with Gasteiger partial charge in [0.25, 0.3) is 0 Å². The van der Waals surface area contributed by atoms with Crippen LogP contribution < -0.4 is 10.1 Å². The number of ether oxygens (including phenoxy) is 2. The predicted octanol–water partition coefficient (Wildman–Crippen LogP) is 4.59. The summed E-state index contributed by atoms with van der Waals surface area (Å²) in [6.07, 6.45) is 0. The van der Waals surface area contributed by atoms with Crippen LogP contribution in [-0.2, 0) is 17.9 Å². The van der Waals surface area contributed by atoms with E-state index >= 15 is 0 Å². The van der Waals surface area contributed by atoms with E-state index in [4.69, 9.17) is 9.47 Å². The molecule has 114 valence electrons. The first kappa shape index (κ1) is 17.0. The summed E-state index contributed by atoms with van der Waals surface area (Å²) in [6.45, 7) is 2.92. The minimum absolute atomic E-state index is 0.592. The van der Waals surface area contributed by atoms with Crippen molar-refractivity contribution in [2.75, 3.05) is 20.3 Å². The lowest BCUT2D eigenvalue weighted by Gasteiger charge is -2.10. The van der Waals surface area contributed by atoms with Gasteiger partial charge in [-0.1, -0.05) is 15.9 Å². The third-order valence-corrected chi connectivity index (χ3v) is 5.20. The molecule has 0 atom stereocenters. The lowest BCUT2D eigenvalue weighted by atomic mass is 10.2. The van der Waals surface area contributed by atoms with Crippen molar-refractivity contribution in [2.45, 2.75) is 13.2 Å². The maximum Gasteiger partial charge on any atom is 0.122 e. The average Bonchev–Trinajstić information content (AvgIpc) is 2.89. The van der Waals surface area contributed by atoms with Crippen LogP contribution in [0.25, 0.3) is 0 Å². The molecule has 1 heterocycles. The SMILES string of the molecule is COCCNCc1cc(OCc2ccc(Br)s2)ccc1Br. The maximum atomic E-state index is 5.84. The fraction of sp³-hybridized carbons (Fsp3) is 0.333. The summed E-state index contributed by atoms with van der Waals surface area (Å²) in [5, 5.41) is 3.33. The zero-order chi connectivity index (χ0) is 15.1. The highest BCUT2D eigenvalue weighted by Gasteiger charge is 2.04. The van der Waals surface area contributed by atoms with Gasteiger partial charge in [0, 0.05) is 29.5 Å². The second kappa shape index (κ2) is 8.90. The number of rotatable bonds is 8. The van der Waals surface area contributed by atoms with E-state index in [1.165, 1.54) is 10.4 Å². The third kappa shape index (κ3) is 5.71. The Labute approximate surface area is 145 Å². The number of hydrogen-bond donors (Lipinski definition) is 1. The molecule has 3 nitrogen and oxygen atoms in total. The smallest absolute Gasteiger partial charge is 0.122 e. The normalized spacial score (nSPS) is 10.8. The molecule has 0 bridgehead atoms. The molecule has 0 amide bonds. The molecule has 2 aromatic rings. The molecule has 0 unspecified atom stereocenters. The zero-order valence-corrected chi connectivity index (χ0v) is 15.7. The second-order valence-electron chi connectivity index (χ2n) is 4.42. The summed E-state index contributed by atoms with van der Waals surface area (Å²) in [5.74, 6) is 0.881. The summed E-state index contributed by atoms with van der Waals surface area (Å²) >= 11 is 8.72. The van der Waals surface area contributed by atoms with Crippen molar-refractivity contribution < 1.29 is 9.47 Å².